The second-order valence-corrected chi connectivity index (χ2v) is 5.83. The Labute approximate surface area is 125 Å². The third-order valence-electron chi connectivity index (χ3n) is 4.22. The number of piperidine rings is 1. The van der Waals surface area contributed by atoms with Crippen LogP contribution >= 0.6 is 0 Å². The van der Waals surface area contributed by atoms with Gasteiger partial charge in [-0.1, -0.05) is 12.1 Å². The van der Waals surface area contributed by atoms with Crippen molar-refractivity contribution in [1.82, 2.24) is 4.90 Å². The fourth-order valence-corrected chi connectivity index (χ4v) is 3.08. The number of halogens is 1. The first-order valence-corrected chi connectivity index (χ1v) is 7.59. The molecule has 0 aliphatic carbocycles. The van der Waals surface area contributed by atoms with Gasteiger partial charge in [0.1, 0.15) is 5.82 Å². The first kappa shape index (κ1) is 15.7. The molecule has 2 unspecified atom stereocenters. The monoisotopic (exact) mass is 291 g/mol. The predicted octanol–water partition coefficient (Wildman–Crippen LogP) is 3.58. The molecule has 2 atom stereocenters. The van der Waals surface area contributed by atoms with Crippen molar-refractivity contribution in [3.05, 3.63) is 35.6 Å². The van der Waals surface area contributed by atoms with Gasteiger partial charge in [0.05, 0.1) is 5.56 Å². The van der Waals surface area contributed by atoms with E-state index in [4.69, 9.17) is 0 Å². The number of hydrogen-bond acceptors (Lipinski definition) is 2. The van der Waals surface area contributed by atoms with Crippen molar-refractivity contribution in [1.29, 1.82) is 0 Å². The lowest BCUT2D eigenvalue weighted by atomic mass is 9.96. The van der Waals surface area contributed by atoms with Crippen LogP contribution in [0.4, 0.5) is 4.39 Å². The van der Waals surface area contributed by atoms with Crippen LogP contribution in [0, 0.1) is 5.82 Å². The second-order valence-electron chi connectivity index (χ2n) is 5.83. The van der Waals surface area contributed by atoms with Gasteiger partial charge in [-0.3, -0.25) is 9.59 Å². The van der Waals surface area contributed by atoms with Crippen molar-refractivity contribution >= 4 is 11.7 Å². The minimum Gasteiger partial charge on any atom is -0.337 e. The Morgan fingerprint density at radius 1 is 1.14 bits per heavy atom. The number of ketones is 1. The number of nitrogens with zero attached hydrogens (tertiary/aromatic N) is 1. The van der Waals surface area contributed by atoms with Crippen molar-refractivity contribution in [2.75, 3.05) is 0 Å². The Bertz CT molecular complexity index is 519. The van der Waals surface area contributed by atoms with E-state index in [9.17, 15) is 14.0 Å². The fourth-order valence-electron chi connectivity index (χ4n) is 3.08. The fraction of sp³-hybridized carbons (Fsp3) is 0.529. The maximum atomic E-state index is 13.5. The summed E-state index contributed by atoms with van der Waals surface area (Å²) in [6.07, 6.45) is 3.38. The predicted molar refractivity (Wildman–Crippen MR) is 79.6 cm³/mol. The number of hydrogen-bond donors (Lipinski definition) is 0. The molecular weight excluding hydrogens is 269 g/mol. The van der Waals surface area contributed by atoms with Crippen molar-refractivity contribution < 1.29 is 14.0 Å². The number of benzene rings is 1. The van der Waals surface area contributed by atoms with Gasteiger partial charge in [0.2, 0.25) is 5.91 Å². The van der Waals surface area contributed by atoms with E-state index >= 15 is 0 Å². The van der Waals surface area contributed by atoms with Crippen LogP contribution in [0.2, 0.25) is 0 Å². The summed E-state index contributed by atoms with van der Waals surface area (Å²) in [6.45, 7) is 4.10. The number of carbonyl (C=O) groups is 2. The summed E-state index contributed by atoms with van der Waals surface area (Å²) in [7, 11) is 0. The molecule has 1 amide bonds. The molecule has 0 bridgehead atoms. The molecule has 4 heteroatoms. The Morgan fingerprint density at radius 3 is 2.38 bits per heavy atom. The van der Waals surface area contributed by atoms with Gasteiger partial charge < -0.3 is 4.90 Å². The molecule has 1 aromatic carbocycles. The Kier molecular flexibility index (Phi) is 5.10. The van der Waals surface area contributed by atoms with Crippen LogP contribution in [0.3, 0.4) is 0 Å². The zero-order valence-corrected chi connectivity index (χ0v) is 12.6. The molecular formula is C17H22FNO2. The molecule has 1 fully saturated rings. The van der Waals surface area contributed by atoms with E-state index in [0.29, 0.717) is 0 Å². The van der Waals surface area contributed by atoms with Crippen LogP contribution in [0.1, 0.15) is 56.3 Å². The summed E-state index contributed by atoms with van der Waals surface area (Å²) in [4.78, 5) is 26.2. The lowest BCUT2D eigenvalue weighted by molar-refractivity contribution is -0.137. The van der Waals surface area contributed by atoms with Crippen molar-refractivity contribution in [3.8, 4) is 0 Å². The van der Waals surface area contributed by atoms with Crippen LogP contribution in [0.15, 0.2) is 24.3 Å². The van der Waals surface area contributed by atoms with E-state index in [0.717, 1.165) is 19.3 Å². The average molecular weight is 291 g/mol. The van der Waals surface area contributed by atoms with Gasteiger partial charge in [0, 0.05) is 24.9 Å². The molecule has 0 saturated carbocycles. The molecule has 0 radical (unpaired) electrons. The molecule has 114 valence electrons. The van der Waals surface area contributed by atoms with Crippen molar-refractivity contribution in [2.24, 2.45) is 0 Å². The van der Waals surface area contributed by atoms with Crippen LogP contribution in [-0.2, 0) is 4.79 Å². The van der Waals surface area contributed by atoms with E-state index < -0.39 is 5.82 Å². The third-order valence-corrected chi connectivity index (χ3v) is 4.22. The molecule has 0 aromatic heterocycles. The zero-order valence-electron chi connectivity index (χ0n) is 12.6. The standard InChI is InChI=1S/C17H22FNO2/c1-12-6-5-7-13(2)19(12)17(21)11-10-16(20)14-8-3-4-9-15(14)18/h3-4,8-9,12-13H,5-7,10-11H2,1-2H3. The number of likely N-dealkylation sites (tertiary alicyclic amines) is 1. The molecule has 3 nitrogen and oxygen atoms in total. The van der Waals surface area contributed by atoms with Gasteiger partial charge in [-0.25, -0.2) is 4.39 Å². The van der Waals surface area contributed by atoms with Gasteiger partial charge in [-0.05, 0) is 45.2 Å². The highest BCUT2D eigenvalue weighted by Crippen LogP contribution is 2.23. The van der Waals surface area contributed by atoms with Gasteiger partial charge in [0.15, 0.2) is 5.78 Å². The summed E-state index contributed by atoms with van der Waals surface area (Å²) in [5.41, 5.74) is 0.0741. The molecule has 1 aliphatic heterocycles. The highest BCUT2D eigenvalue weighted by Gasteiger charge is 2.28. The van der Waals surface area contributed by atoms with Gasteiger partial charge in [0.25, 0.3) is 0 Å². The summed E-state index contributed by atoms with van der Waals surface area (Å²) >= 11 is 0. The SMILES string of the molecule is CC1CCCC(C)N1C(=O)CCC(=O)c1ccccc1F. The maximum Gasteiger partial charge on any atom is 0.223 e. The zero-order chi connectivity index (χ0) is 15.4. The molecule has 1 heterocycles. The van der Waals surface area contributed by atoms with E-state index in [-0.39, 0.29) is 42.2 Å². The molecule has 0 spiro atoms. The summed E-state index contributed by atoms with van der Waals surface area (Å²) in [5, 5.41) is 0. The summed E-state index contributed by atoms with van der Waals surface area (Å²) in [6, 6.07) is 6.37. The van der Waals surface area contributed by atoms with Crippen LogP contribution in [-0.4, -0.2) is 28.7 Å². The highest BCUT2D eigenvalue weighted by molar-refractivity contribution is 5.98. The molecule has 1 aromatic rings. The van der Waals surface area contributed by atoms with E-state index in [1.54, 1.807) is 12.1 Å². The molecule has 1 saturated heterocycles. The second kappa shape index (κ2) is 6.83. The first-order valence-electron chi connectivity index (χ1n) is 7.59. The quantitative estimate of drug-likeness (QED) is 0.795. The largest absolute Gasteiger partial charge is 0.337 e. The smallest absolute Gasteiger partial charge is 0.223 e. The Hall–Kier alpha value is -1.71. The van der Waals surface area contributed by atoms with E-state index in [1.165, 1.54) is 12.1 Å². The van der Waals surface area contributed by atoms with Crippen LogP contribution in [0.5, 0.6) is 0 Å². The van der Waals surface area contributed by atoms with Crippen LogP contribution < -0.4 is 0 Å². The van der Waals surface area contributed by atoms with Gasteiger partial charge in [-0.2, -0.15) is 0 Å². The molecule has 0 N–H and O–H groups in total. The third kappa shape index (κ3) is 3.69. The molecule has 21 heavy (non-hydrogen) atoms. The van der Waals surface area contributed by atoms with Crippen molar-refractivity contribution in [3.63, 3.8) is 0 Å². The minimum absolute atomic E-state index is 0.000565. The topological polar surface area (TPSA) is 37.4 Å². The number of Topliss-reactive ketones (excluding diaryl/α,β-unsaturated/α-hetero) is 1. The van der Waals surface area contributed by atoms with E-state index in [1.807, 2.05) is 18.7 Å². The van der Waals surface area contributed by atoms with Gasteiger partial charge >= 0.3 is 0 Å². The maximum absolute atomic E-state index is 13.5. The summed E-state index contributed by atoms with van der Waals surface area (Å²) < 4.78 is 13.5. The minimum atomic E-state index is -0.519. The lowest BCUT2D eigenvalue weighted by Gasteiger charge is -2.39. The number of rotatable bonds is 4. The Morgan fingerprint density at radius 2 is 1.76 bits per heavy atom. The van der Waals surface area contributed by atoms with E-state index in [2.05, 4.69) is 0 Å². The Balaban J connectivity index is 1.95. The van der Waals surface area contributed by atoms with Crippen LogP contribution in [0.25, 0.3) is 0 Å². The molecule has 2 rings (SSSR count). The van der Waals surface area contributed by atoms with Gasteiger partial charge in [-0.15, -0.1) is 0 Å². The highest BCUT2D eigenvalue weighted by atomic mass is 19.1. The molecule has 1 aliphatic rings. The number of carbonyl (C=O) groups excluding carboxylic acids is 2. The average Bonchev–Trinajstić information content (AvgIpc) is 2.45. The lowest BCUT2D eigenvalue weighted by Crippen LogP contribution is -2.47. The number of amides is 1. The first-order chi connectivity index (χ1) is 10.0. The van der Waals surface area contributed by atoms with Crippen molar-refractivity contribution in [2.45, 2.75) is 58.0 Å². The summed E-state index contributed by atoms with van der Waals surface area (Å²) in [5.74, 6) is -0.826. The normalized spacial score (nSPS) is 22.1.